The first-order valence-corrected chi connectivity index (χ1v) is 8.02. The number of hydrogen-bond donors (Lipinski definition) is 5. The van der Waals surface area contributed by atoms with Crippen LogP contribution in [0.1, 0.15) is 11.1 Å². The van der Waals surface area contributed by atoms with Crippen LogP contribution in [0.25, 0.3) is 27.9 Å². The molecule has 4 rings (SSSR count). The molecule has 2 heterocycles. The molecule has 0 spiro atoms. The first-order chi connectivity index (χ1) is 12.6. The molecule has 0 aliphatic carbocycles. The van der Waals surface area contributed by atoms with E-state index in [4.69, 9.17) is 11.5 Å². The second-order valence-electron chi connectivity index (χ2n) is 5.95. The molecule has 2 aromatic carbocycles. The molecule has 0 radical (unpaired) electrons. The summed E-state index contributed by atoms with van der Waals surface area (Å²) in [7, 11) is 0. The number of nitrogens with zero attached hydrogens (tertiary/aromatic N) is 2. The molecule has 0 fully saturated rings. The molecule has 0 saturated heterocycles. The Labute approximate surface area is 148 Å². The minimum Gasteiger partial charge on any atom is -0.382 e. The van der Waals surface area contributed by atoms with E-state index in [2.05, 4.69) is 25.7 Å². The van der Waals surface area contributed by atoms with Crippen molar-refractivity contribution < 1.29 is 4.79 Å². The Hall–Kier alpha value is -3.81. The van der Waals surface area contributed by atoms with Crippen LogP contribution in [0.15, 0.2) is 42.5 Å². The second-order valence-corrected chi connectivity index (χ2v) is 5.95. The smallest absolute Gasteiger partial charge is 0.244 e. The van der Waals surface area contributed by atoms with Gasteiger partial charge in [-0.1, -0.05) is 12.1 Å². The van der Waals surface area contributed by atoms with Crippen LogP contribution in [-0.4, -0.2) is 26.3 Å². The molecule has 0 aliphatic rings. The number of benzene rings is 2. The van der Waals surface area contributed by atoms with E-state index >= 15 is 0 Å². The number of anilines is 2. The quantitative estimate of drug-likeness (QED) is 0.359. The van der Waals surface area contributed by atoms with Crippen molar-refractivity contribution in [2.75, 3.05) is 11.5 Å². The number of aromatic nitrogens is 4. The van der Waals surface area contributed by atoms with E-state index in [0.717, 1.165) is 32.9 Å². The average Bonchev–Trinajstić information content (AvgIpc) is 3.21. The fourth-order valence-electron chi connectivity index (χ4n) is 2.77. The highest BCUT2D eigenvalue weighted by molar-refractivity contribution is 5.94. The van der Waals surface area contributed by atoms with Gasteiger partial charge in [0.05, 0.1) is 11.0 Å². The Kier molecular flexibility index (Phi) is 3.77. The first-order valence-electron chi connectivity index (χ1n) is 8.02. The van der Waals surface area contributed by atoms with Crippen molar-refractivity contribution in [3.05, 3.63) is 53.6 Å². The lowest BCUT2D eigenvalue weighted by atomic mass is 10.1. The molecule has 8 nitrogen and oxygen atoms in total. The summed E-state index contributed by atoms with van der Waals surface area (Å²) in [5, 5.41) is 18.1. The lowest BCUT2D eigenvalue weighted by Crippen LogP contribution is -2.20. The topological polar surface area (TPSA) is 138 Å². The van der Waals surface area contributed by atoms with Crippen molar-refractivity contribution in [3.8, 4) is 0 Å². The van der Waals surface area contributed by atoms with E-state index in [1.807, 2.05) is 36.4 Å². The van der Waals surface area contributed by atoms with Gasteiger partial charge in [0.1, 0.15) is 0 Å². The van der Waals surface area contributed by atoms with E-state index in [1.165, 1.54) is 6.08 Å². The van der Waals surface area contributed by atoms with Gasteiger partial charge in [0.15, 0.2) is 11.6 Å². The number of rotatable bonds is 4. The molecule has 1 amide bonds. The van der Waals surface area contributed by atoms with Gasteiger partial charge in [-0.05, 0) is 41.5 Å². The van der Waals surface area contributed by atoms with Gasteiger partial charge in [0.2, 0.25) is 5.91 Å². The highest BCUT2D eigenvalue weighted by Crippen LogP contribution is 2.20. The van der Waals surface area contributed by atoms with Crippen molar-refractivity contribution in [2.45, 2.75) is 6.54 Å². The molecule has 130 valence electrons. The van der Waals surface area contributed by atoms with E-state index in [1.54, 1.807) is 6.08 Å². The Balaban J connectivity index is 1.42. The summed E-state index contributed by atoms with van der Waals surface area (Å²) in [5.41, 5.74) is 15.1. The van der Waals surface area contributed by atoms with Crippen LogP contribution >= 0.6 is 0 Å². The Morgan fingerprint density at radius 1 is 1.00 bits per heavy atom. The van der Waals surface area contributed by atoms with Crippen LogP contribution in [0.4, 0.5) is 11.6 Å². The van der Waals surface area contributed by atoms with Gasteiger partial charge in [0.25, 0.3) is 0 Å². The van der Waals surface area contributed by atoms with Crippen LogP contribution in [0, 0.1) is 0 Å². The van der Waals surface area contributed by atoms with Crippen molar-refractivity contribution >= 4 is 45.4 Å². The van der Waals surface area contributed by atoms with Crippen molar-refractivity contribution in [1.29, 1.82) is 0 Å². The number of hydrogen-bond acceptors (Lipinski definition) is 5. The number of fused-ring (bicyclic) bond motifs is 2. The van der Waals surface area contributed by atoms with Gasteiger partial charge in [-0.15, -0.1) is 0 Å². The van der Waals surface area contributed by atoms with Gasteiger partial charge in [-0.2, -0.15) is 10.2 Å². The summed E-state index contributed by atoms with van der Waals surface area (Å²) in [6, 6.07) is 11.4. The van der Waals surface area contributed by atoms with Crippen molar-refractivity contribution in [1.82, 2.24) is 25.7 Å². The third kappa shape index (κ3) is 2.95. The van der Waals surface area contributed by atoms with Crippen LogP contribution in [-0.2, 0) is 11.3 Å². The highest BCUT2D eigenvalue weighted by atomic mass is 16.1. The fraction of sp³-hybridized carbons (Fsp3) is 0.0556. The minimum atomic E-state index is -0.189. The second kappa shape index (κ2) is 6.25. The summed E-state index contributed by atoms with van der Waals surface area (Å²) >= 11 is 0. The maximum absolute atomic E-state index is 12.1. The lowest BCUT2D eigenvalue weighted by Gasteiger charge is -2.03. The van der Waals surface area contributed by atoms with Crippen LogP contribution in [0.5, 0.6) is 0 Å². The largest absolute Gasteiger partial charge is 0.382 e. The van der Waals surface area contributed by atoms with Crippen LogP contribution in [0.2, 0.25) is 0 Å². The molecular weight excluding hydrogens is 330 g/mol. The van der Waals surface area contributed by atoms with E-state index in [-0.39, 0.29) is 5.91 Å². The maximum atomic E-state index is 12.1. The monoisotopic (exact) mass is 347 g/mol. The molecule has 26 heavy (non-hydrogen) atoms. The normalized spacial score (nSPS) is 11.5. The van der Waals surface area contributed by atoms with E-state index in [9.17, 15) is 4.79 Å². The number of nitrogens with two attached hydrogens (primary N) is 2. The number of amides is 1. The Morgan fingerprint density at radius 3 is 2.38 bits per heavy atom. The Morgan fingerprint density at radius 2 is 1.65 bits per heavy atom. The third-order valence-electron chi connectivity index (χ3n) is 4.17. The predicted octanol–water partition coefficient (Wildman–Crippen LogP) is 1.93. The first kappa shape index (κ1) is 15.7. The summed E-state index contributed by atoms with van der Waals surface area (Å²) in [6.07, 6.45) is 3.22. The molecule has 0 bridgehead atoms. The average molecular weight is 347 g/mol. The Bertz CT molecular complexity index is 1140. The molecule has 4 aromatic rings. The molecule has 2 aromatic heterocycles. The summed E-state index contributed by atoms with van der Waals surface area (Å²) in [4.78, 5) is 12.1. The zero-order valence-corrected chi connectivity index (χ0v) is 13.8. The number of carbonyl (C=O) groups is 1. The fourth-order valence-corrected chi connectivity index (χ4v) is 2.77. The van der Waals surface area contributed by atoms with Gasteiger partial charge >= 0.3 is 0 Å². The van der Waals surface area contributed by atoms with Gasteiger partial charge in [-0.3, -0.25) is 15.0 Å². The van der Waals surface area contributed by atoms with E-state index < -0.39 is 0 Å². The molecular formula is C18H17N7O. The molecule has 0 unspecified atom stereocenters. The number of aromatic amines is 2. The maximum Gasteiger partial charge on any atom is 0.244 e. The molecule has 7 N–H and O–H groups in total. The molecule has 0 saturated carbocycles. The third-order valence-corrected chi connectivity index (χ3v) is 4.17. The van der Waals surface area contributed by atoms with Gasteiger partial charge < -0.3 is 16.8 Å². The van der Waals surface area contributed by atoms with Crippen molar-refractivity contribution in [2.24, 2.45) is 0 Å². The lowest BCUT2D eigenvalue weighted by molar-refractivity contribution is -0.116. The minimum absolute atomic E-state index is 0.189. The SMILES string of the molecule is Nc1n[nH]c2ccc(C=CC(=O)NCc3ccc4[nH]nc(N)c4c3)cc12. The summed E-state index contributed by atoms with van der Waals surface area (Å²) < 4.78 is 0. The van der Waals surface area contributed by atoms with E-state index in [0.29, 0.717) is 18.2 Å². The highest BCUT2D eigenvalue weighted by Gasteiger charge is 2.05. The summed E-state index contributed by atoms with van der Waals surface area (Å²) in [5.74, 6) is 0.695. The van der Waals surface area contributed by atoms with Gasteiger partial charge in [-0.25, -0.2) is 0 Å². The van der Waals surface area contributed by atoms with Crippen LogP contribution < -0.4 is 16.8 Å². The molecule has 0 atom stereocenters. The van der Waals surface area contributed by atoms with Crippen molar-refractivity contribution in [3.63, 3.8) is 0 Å². The number of nitrogen functional groups attached to an aromatic ring is 2. The van der Waals surface area contributed by atoms with Gasteiger partial charge in [0, 0.05) is 23.4 Å². The van der Waals surface area contributed by atoms with Crippen LogP contribution in [0.3, 0.4) is 0 Å². The molecule has 8 heteroatoms. The predicted molar refractivity (Wildman–Crippen MR) is 102 cm³/mol. The zero-order chi connectivity index (χ0) is 18.1. The number of carbonyl (C=O) groups excluding carboxylic acids is 1. The number of nitrogens with one attached hydrogen (secondary N) is 3. The summed E-state index contributed by atoms with van der Waals surface area (Å²) in [6.45, 7) is 0.400. The standard InChI is InChI=1S/C18H17N7O/c19-17-12-7-10(1-4-14(12)22-24-17)3-6-16(26)21-9-11-2-5-15-13(8-11)18(20)25-23-15/h1-8H,9H2,(H,21,26)(H3,19,22,24)(H3,20,23,25). The molecule has 0 aliphatic heterocycles. The number of H-pyrrole nitrogens is 2. The zero-order valence-electron chi connectivity index (χ0n) is 13.8.